The van der Waals surface area contributed by atoms with Gasteiger partial charge in [-0.2, -0.15) is 0 Å². The fourth-order valence-electron chi connectivity index (χ4n) is 3.80. The van der Waals surface area contributed by atoms with E-state index in [0.29, 0.717) is 5.41 Å². The van der Waals surface area contributed by atoms with Crippen LogP contribution in [0.1, 0.15) is 123 Å². The van der Waals surface area contributed by atoms with Crippen molar-refractivity contribution < 1.29 is 0 Å². The zero-order chi connectivity index (χ0) is 18.2. The molecule has 0 spiro atoms. The second-order valence-corrected chi connectivity index (χ2v) is 8.60. The van der Waals surface area contributed by atoms with Crippen LogP contribution in [0.25, 0.3) is 0 Å². The molecule has 0 heterocycles. The summed E-state index contributed by atoms with van der Waals surface area (Å²) in [5.74, 6) is 0. The first-order valence-electron chi connectivity index (χ1n) is 11.2. The van der Waals surface area contributed by atoms with E-state index in [0.717, 1.165) is 0 Å². The minimum Gasteiger partial charge on any atom is -0.0654 e. The average molecular weight is 345 g/mol. The predicted molar refractivity (Wildman–Crippen MR) is 114 cm³/mol. The van der Waals surface area contributed by atoms with Crippen molar-refractivity contribution in [2.75, 3.05) is 0 Å². The average Bonchev–Trinajstić information content (AvgIpc) is 2.63. The molecule has 1 aromatic rings. The van der Waals surface area contributed by atoms with Crippen molar-refractivity contribution in [1.82, 2.24) is 0 Å². The number of hydrogen-bond donors (Lipinski definition) is 0. The standard InChI is InChI=1S/C25H44/c1-4-5-6-7-8-9-10-11-12-13-14-15-16-20-23-25(2,3)24-21-18-17-19-22-24/h17-19,21-22H,4-16,20,23H2,1-3H3. The zero-order valence-corrected chi connectivity index (χ0v) is 17.5. The Balaban J connectivity index is 1.87. The van der Waals surface area contributed by atoms with Crippen molar-refractivity contribution >= 4 is 0 Å². The van der Waals surface area contributed by atoms with Gasteiger partial charge in [0, 0.05) is 0 Å². The largest absolute Gasteiger partial charge is 0.0654 e. The van der Waals surface area contributed by atoms with Crippen LogP contribution in [0.3, 0.4) is 0 Å². The molecule has 0 fully saturated rings. The Hall–Kier alpha value is -0.780. The molecule has 0 aliphatic heterocycles. The van der Waals surface area contributed by atoms with Crippen LogP contribution in [-0.4, -0.2) is 0 Å². The Morgan fingerprint density at radius 2 is 0.960 bits per heavy atom. The van der Waals surface area contributed by atoms with Crippen LogP contribution in [0.5, 0.6) is 0 Å². The van der Waals surface area contributed by atoms with E-state index < -0.39 is 0 Å². The highest BCUT2D eigenvalue weighted by Gasteiger charge is 2.19. The monoisotopic (exact) mass is 344 g/mol. The lowest BCUT2D eigenvalue weighted by molar-refractivity contribution is 0.441. The van der Waals surface area contributed by atoms with Gasteiger partial charge in [0.25, 0.3) is 0 Å². The van der Waals surface area contributed by atoms with E-state index in [-0.39, 0.29) is 0 Å². The van der Waals surface area contributed by atoms with Crippen LogP contribution < -0.4 is 0 Å². The summed E-state index contributed by atoms with van der Waals surface area (Å²) in [6, 6.07) is 11.0. The first kappa shape index (κ1) is 22.3. The maximum atomic E-state index is 2.39. The molecule has 0 saturated carbocycles. The molecule has 0 aromatic heterocycles. The highest BCUT2D eigenvalue weighted by atomic mass is 14.2. The molecule has 0 N–H and O–H groups in total. The Kier molecular flexibility index (Phi) is 12.8. The Morgan fingerprint density at radius 3 is 1.40 bits per heavy atom. The maximum absolute atomic E-state index is 2.39. The van der Waals surface area contributed by atoms with Crippen molar-refractivity contribution in [3.8, 4) is 0 Å². The van der Waals surface area contributed by atoms with Gasteiger partial charge in [-0.25, -0.2) is 0 Å². The molecule has 0 heteroatoms. The second kappa shape index (κ2) is 14.4. The van der Waals surface area contributed by atoms with Crippen LogP contribution in [0.4, 0.5) is 0 Å². The quantitative estimate of drug-likeness (QED) is 0.263. The third-order valence-corrected chi connectivity index (χ3v) is 5.71. The number of hydrogen-bond acceptors (Lipinski definition) is 0. The molecule has 0 amide bonds. The minimum absolute atomic E-state index is 0.332. The van der Waals surface area contributed by atoms with E-state index in [1.165, 1.54) is 102 Å². The van der Waals surface area contributed by atoms with Crippen molar-refractivity contribution in [3.05, 3.63) is 35.9 Å². The molecule has 144 valence electrons. The van der Waals surface area contributed by atoms with Crippen LogP contribution >= 0.6 is 0 Å². The minimum atomic E-state index is 0.332. The summed E-state index contributed by atoms with van der Waals surface area (Å²) in [6.07, 6.45) is 21.5. The van der Waals surface area contributed by atoms with Gasteiger partial charge in [0.1, 0.15) is 0 Å². The van der Waals surface area contributed by atoms with Crippen LogP contribution in [0, 0.1) is 0 Å². The lowest BCUT2D eigenvalue weighted by atomic mass is 9.80. The zero-order valence-electron chi connectivity index (χ0n) is 17.5. The van der Waals surface area contributed by atoms with Crippen LogP contribution in [0.15, 0.2) is 30.3 Å². The van der Waals surface area contributed by atoms with E-state index in [1.54, 1.807) is 0 Å². The van der Waals surface area contributed by atoms with E-state index in [9.17, 15) is 0 Å². The predicted octanol–water partition coefficient (Wildman–Crippen LogP) is 8.84. The van der Waals surface area contributed by atoms with E-state index >= 15 is 0 Å². The van der Waals surface area contributed by atoms with Crippen molar-refractivity contribution in [3.63, 3.8) is 0 Å². The van der Waals surface area contributed by atoms with Crippen LogP contribution in [-0.2, 0) is 5.41 Å². The smallest absolute Gasteiger partial charge is 0.0104 e. The summed E-state index contributed by atoms with van der Waals surface area (Å²) in [5, 5.41) is 0. The third kappa shape index (κ3) is 11.4. The fraction of sp³-hybridized carbons (Fsp3) is 0.760. The molecular weight excluding hydrogens is 300 g/mol. The Labute approximate surface area is 158 Å². The highest BCUT2D eigenvalue weighted by molar-refractivity contribution is 5.23. The molecule has 0 nitrogen and oxygen atoms in total. The molecular formula is C25H44. The van der Waals surface area contributed by atoms with Gasteiger partial charge in [0.05, 0.1) is 0 Å². The van der Waals surface area contributed by atoms with Gasteiger partial charge in [-0.3, -0.25) is 0 Å². The van der Waals surface area contributed by atoms with Gasteiger partial charge < -0.3 is 0 Å². The molecule has 0 bridgehead atoms. The maximum Gasteiger partial charge on any atom is -0.0104 e. The summed E-state index contributed by atoms with van der Waals surface area (Å²) in [7, 11) is 0. The summed E-state index contributed by atoms with van der Waals surface area (Å²) in [4.78, 5) is 0. The lowest BCUT2D eigenvalue weighted by Gasteiger charge is -2.25. The van der Waals surface area contributed by atoms with E-state index in [4.69, 9.17) is 0 Å². The lowest BCUT2D eigenvalue weighted by Crippen LogP contribution is -2.16. The number of unbranched alkanes of at least 4 members (excludes halogenated alkanes) is 13. The van der Waals surface area contributed by atoms with E-state index in [2.05, 4.69) is 51.1 Å². The molecule has 0 aliphatic carbocycles. The van der Waals surface area contributed by atoms with Gasteiger partial charge in [-0.1, -0.05) is 141 Å². The molecule has 0 saturated heterocycles. The van der Waals surface area contributed by atoms with Gasteiger partial charge in [-0.05, 0) is 17.4 Å². The summed E-state index contributed by atoms with van der Waals surface area (Å²) in [5.41, 5.74) is 1.82. The molecule has 1 rings (SSSR count). The van der Waals surface area contributed by atoms with Gasteiger partial charge in [0.15, 0.2) is 0 Å². The molecule has 1 aromatic carbocycles. The van der Waals surface area contributed by atoms with Crippen LogP contribution in [0.2, 0.25) is 0 Å². The topological polar surface area (TPSA) is 0 Å². The van der Waals surface area contributed by atoms with Crippen molar-refractivity contribution in [2.45, 2.75) is 122 Å². The fourth-order valence-corrected chi connectivity index (χ4v) is 3.80. The van der Waals surface area contributed by atoms with Crippen molar-refractivity contribution in [2.24, 2.45) is 0 Å². The van der Waals surface area contributed by atoms with Gasteiger partial charge in [0.2, 0.25) is 0 Å². The first-order valence-corrected chi connectivity index (χ1v) is 11.2. The molecule has 0 aliphatic rings. The number of benzene rings is 1. The van der Waals surface area contributed by atoms with Crippen molar-refractivity contribution in [1.29, 1.82) is 0 Å². The van der Waals surface area contributed by atoms with E-state index in [1.807, 2.05) is 0 Å². The highest BCUT2D eigenvalue weighted by Crippen LogP contribution is 2.29. The molecule has 25 heavy (non-hydrogen) atoms. The summed E-state index contributed by atoms with van der Waals surface area (Å²) >= 11 is 0. The molecule has 0 unspecified atom stereocenters. The number of rotatable bonds is 16. The van der Waals surface area contributed by atoms with Gasteiger partial charge in [-0.15, -0.1) is 0 Å². The molecule has 0 atom stereocenters. The Morgan fingerprint density at radius 1 is 0.560 bits per heavy atom. The third-order valence-electron chi connectivity index (χ3n) is 5.71. The summed E-state index contributed by atoms with van der Waals surface area (Å²) < 4.78 is 0. The SMILES string of the molecule is CCCCCCCCCCCCCCCCC(C)(C)c1ccccc1. The normalized spacial score (nSPS) is 11.8. The molecule has 0 radical (unpaired) electrons. The van der Waals surface area contributed by atoms with Gasteiger partial charge >= 0.3 is 0 Å². The Bertz CT molecular complexity index is 390. The first-order chi connectivity index (χ1) is 12.2. The summed E-state index contributed by atoms with van der Waals surface area (Å²) in [6.45, 7) is 7.08. The second-order valence-electron chi connectivity index (χ2n) is 8.60.